The molecule has 0 saturated heterocycles. The number of carbonyl (C=O) groups is 3. The molecule has 0 bridgehead atoms. The average molecular weight is 359 g/mol. The van der Waals surface area contributed by atoms with Gasteiger partial charge < -0.3 is 10.6 Å². The third-order valence-electron chi connectivity index (χ3n) is 5.11. The molecule has 142 valence electrons. The molecule has 0 aromatic heterocycles. The Labute approximate surface area is 155 Å². The number of hydrogen-bond donors (Lipinski definition) is 2. The van der Waals surface area contributed by atoms with Gasteiger partial charge in [0.05, 0.1) is 6.54 Å². The highest BCUT2D eigenvalue weighted by atomic mass is 16.2. The second kappa shape index (κ2) is 8.83. The summed E-state index contributed by atoms with van der Waals surface area (Å²) >= 11 is 0. The van der Waals surface area contributed by atoms with Gasteiger partial charge in [-0.3, -0.25) is 19.3 Å². The van der Waals surface area contributed by atoms with Crippen molar-refractivity contribution in [2.24, 2.45) is 0 Å². The zero-order chi connectivity index (χ0) is 19.2. The second-order valence-electron chi connectivity index (χ2n) is 7.06. The molecule has 6 heteroatoms. The zero-order valence-electron chi connectivity index (χ0n) is 15.9. The molecular weight excluding hydrogens is 330 g/mol. The highest BCUT2D eigenvalue weighted by Gasteiger charge is 2.42. The van der Waals surface area contributed by atoms with Crippen LogP contribution in [0.25, 0.3) is 0 Å². The maximum absolute atomic E-state index is 13.1. The molecule has 0 aliphatic heterocycles. The lowest BCUT2D eigenvalue weighted by Gasteiger charge is -2.40. The quantitative estimate of drug-likeness (QED) is 0.784. The fourth-order valence-electron chi connectivity index (χ4n) is 3.39. The van der Waals surface area contributed by atoms with Crippen molar-refractivity contribution in [3.05, 3.63) is 30.3 Å². The maximum atomic E-state index is 13.1. The number of hydrogen-bond acceptors (Lipinski definition) is 3. The molecule has 2 rings (SSSR count). The van der Waals surface area contributed by atoms with E-state index in [-0.39, 0.29) is 30.3 Å². The van der Waals surface area contributed by atoms with Crippen molar-refractivity contribution in [3.63, 3.8) is 0 Å². The Hall–Kier alpha value is -2.37. The van der Waals surface area contributed by atoms with Crippen molar-refractivity contribution in [1.82, 2.24) is 10.6 Å². The molecule has 1 saturated carbocycles. The standard InChI is InChI=1S/C20H29N3O3/c1-4-20(3,19(26)22-16-10-8-9-11-16)23(17-12-6-5-7-13-17)18(25)14-21-15(2)24/h5-7,12-13,16H,4,8-11,14H2,1-3H3,(H,21,24)(H,22,26)/t20-/m1/s1. The van der Waals surface area contributed by atoms with Crippen molar-refractivity contribution < 1.29 is 14.4 Å². The highest BCUT2D eigenvalue weighted by molar-refractivity contribution is 6.04. The fourth-order valence-corrected chi connectivity index (χ4v) is 3.39. The van der Waals surface area contributed by atoms with Crippen molar-refractivity contribution in [2.75, 3.05) is 11.4 Å². The van der Waals surface area contributed by atoms with Gasteiger partial charge in [0.15, 0.2) is 0 Å². The van der Waals surface area contributed by atoms with Gasteiger partial charge in [0.25, 0.3) is 0 Å². The van der Waals surface area contributed by atoms with Crippen molar-refractivity contribution in [3.8, 4) is 0 Å². The van der Waals surface area contributed by atoms with Crippen LogP contribution < -0.4 is 15.5 Å². The smallest absolute Gasteiger partial charge is 0.247 e. The van der Waals surface area contributed by atoms with E-state index in [0.29, 0.717) is 12.1 Å². The van der Waals surface area contributed by atoms with Crippen molar-refractivity contribution in [1.29, 1.82) is 0 Å². The third-order valence-corrected chi connectivity index (χ3v) is 5.11. The van der Waals surface area contributed by atoms with Crippen molar-refractivity contribution in [2.45, 2.75) is 64.5 Å². The van der Waals surface area contributed by atoms with E-state index in [1.54, 1.807) is 6.92 Å². The first-order chi connectivity index (χ1) is 12.4. The molecule has 1 fully saturated rings. The second-order valence-corrected chi connectivity index (χ2v) is 7.06. The first-order valence-electron chi connectivity index (χ1n) is 9.32. The van der Waals surface area contributed by atoms with Gasteiger partial charge in [-0.1, -0.05) is 38.0 Å². The predicted octanol–water partition coefficient (Wildman–Crippen LogP) is 2.38. The molecule has 0 unspecified atom stereocenters. The molecule has 26 heavy (non-hydrogen) atoms. The summed E-state index contributed by atoms with van der Waals surface area (Å²) in [5.74, 6) is -0.732. The Morgan fingerprint density at radius 1 is 1.15 bits per heavy atom. The molecule has 0 spiro atoms. The van der Waals surface area contributed by atoms with Crippen LogP contribution in [0.1, 0.15) is 52.9 Å². The van der Waals surface area contributed by atoms with Crippen LogP contribution in [0.2, 0.25) is 0 Å². The van der Waals surface area contributed by atoms with Crippen LogP contribution in [0.3, 0.4) is 0 Å². The number of nitrogens with zero attached hydrogens (tertiary/aromatic N) is 1. The minimum atomic E-state index is -1.03. The SMILES string of the molecule is CC[C@](C)(C(=O)NC1CCCC1)N(C(=O)CNC(C)=O)c1ccccc1. The van der Waals surface area contributed by atoms with E-state index in [1.807, 2.05) is 37.3 Å². The first kappa shape index (κ1) is 19.9. The lowest BCUT2D eigenvalue weighted by Crippen LogP contribution is -2.61. The van der Waals surface area contributed by atoms with Crippen LogP contribution in [0.15, 0.2) is 30.3 Å². The Morgan fingerprint density at radius 2 is 1.77 bits per heavy atom. The molecule has 0 radical (unpaired) electrons. The van der Waals surface area contributed by atoms with E-state index in [0.717, 1.165) is 25.7 Å². The van der Waals surface area contributed by atoms with E-state index >= 15 is 0 Å². The zero-order valence-corrected chi connectivity index (χ0v) is 15.9. The fraction of sp³-hybridized carbons (Fsp3) is 0.550. The van der Waals surface area contributed by atoms with Crippen molar-refractivity contribution >= 4 is 23.4 Å². The summed E-state index contributed by atoms with van der Waals surface area (Å²) in [7, 11) is 0. The van der Waals surface area contributed by atoms with Crippen LogP contribution in [-0.4, -0.2) is 35.8 Å². The normalized spacial score (nSPS) is 16.6. The number of carbonyl (C=O) groups excluding carboxylic acids is 3. The summed E-state index contributed by atoms with van der Waals surface area (Å²) in [6.45, 7) is 4.91. The summed E-state index contributed by atoms with van der Waals surface area (Å²) in [5.41, 5.74) is -0.381. The van der Waals surface area contributed by atoms with Gasteiger partial charge in [-0.15, -0.1) is 0 Å². The van der Waals surface area contributed by atoms with Gasteiger partial charge in [0, 0.05) is 18.7 Å². The monoisotopic (exact) mass is 359 g/mol. The number of rotatable bonds is 7. The average Bonchev–Trinajstić information content (AvgIpc) is 3.13. The highest BCUT2D eigenvalue weighted by Crippen LogP contribution is 2.28. The molecule has 3 amide bonds. The third kappa shape index (κ3) is 4.62. The molecular formula is C20H29N3O3. The molecule has 1 atom stereocenters. The summed E-state index contributed by atoms with van der Waals surface area (Å²) < 4.78 is 0. The van der Waals surface area contributed by atoms with Gasteiger partial charge >= 0.3 is 0 Å². The van der Waals surface area contributed by atoms with Gasteiger partial charge in [0.2, 0.25) is 17.7 Å². The molecule has 1 aromatic rings. The molecule has 2 N–H and O–H groups in total. The predicted molar refractivity (Wildman–Crippen MR) is 102 cm³/mol. The Balaban J connectivity index is 2.31. The number of para-hydroxylation sites is 1. The van der Waals surface area contributed by atoms with Gasteiger partial charge in [-0.05, 0) is 38.3 Å². The summed E-state index contributed by atoms with van der Waals surface area (Å²) in [6, 6.07) is 9.32. The topological polar surface area (TPSA) is 78.5 Å². The molecule has 1 aliphatic carbocycles. The number of benzene rings is 1. The summed E-state index contributed by atoms with van der Waals surface area (Å²) in [4.78, 5) is 38.8. The minimum Gasteiger partial charge on any atom is -0.351 e. The maximum Gasteiger partial charge on any atom is 0.247 e. The van der Waals surface area contributed by atoms with E-state index in [9.17, 15) is 14.4 Å². The van der Waals surface area contributed by atoms with Gasteiger partial charge in [-0.2, -0.15) is 0 Å². The molecule has 1 aliphatic rings. The van der Waals surface area contributed by atoms with Gasteiger partial charge in [-0.25, -0.2) is 0 Å². The first-order valence-corrected chi connectivity index (χ1v) is 9.32. The Morgan fingerprint density at radius 3 is 2.31 bits per heavy atom. The number of amides is 3. The van der Waals surface area contributed by atoms with Crippen LogP contribution in [-0.2, 0) is 14.4 Å². The minimum absolute atomic E-state index is 0.142. The van der Waals surface area contributed by atoms with Gasteiger partial charge in [0.1, 0.15) is 5.54 Å². The van der Waals surface area contributed by atoms with Crippen LogP contribution >= 0.6 is 0 Å². The number of anilines is 1. The van der Waals surface area contributed by atoms with E-state index in [4.69, 9.17) is 0 Å². The Bertz CT molecular complexity index is 641. The van der Waals surface area contributed by atoms with E-state index in [2.05, 4.69) is 10.6 Å². The molecule has 6 nitrogen and oxygen atoms in total. The van der Waals surface area contributed by atoms with Crippen LogP contribution in [0, 0.1) is 0 Å². The van der Waals surface area contributed by atoms with E-state index in [1.165, 1.54) is 11.8 Å². The molecule has 0 heterocycles. The Kier molecular flexibility index (Phi) is 6.77. The van der Waals surface area contributed by atoms with Crippen LogP contribution in [0.4, 0.5) is 5.69 Å². The van der Waals surface area contributed by atoms with Crippen LogP contribution in [0.5, 0.6) is 0 Å². The largest absolute Gasteiger partial charge is 0.351 e. The summed E-state index contributed by atoms with van der Waals surface area (Å²) in [5, 5.41) is 5.66. The lowest BCUT2D eigenvalue weighted by atomic mass is 9.93. The summed E-state index contributed by atoms with van der Waals surface area (Å²) in [6.07, 6.45) is 4.68. The van der Waals surface area contributed by atoms with E-state index < -0.39 is 5.54 Å². The number of nitrogens with one attached hydrogen (secondary N) is 2. The lowest BCUT2D eigenvalue weighted by molar-refractivity contribution is -0.130. The molecule has 1 aromatic carbocycles.